The summed E-state index contributed by atoms with van der Waals surface area (Å²) in [7, 11) is 1.62. The van der Waals surface area contributed by atoms with Crippen LogP contribution in [0.4, 0.5) is 5.69 Å². The fourth-order valence-electron chi connectivity index (χ4n) is 2.91. The van der Waals surface area contributed by atoms with Gasteiger partial charge in [-0.1, -0.05) is 23.4 Å². The Balaban J connectivity index is 1.52. The van der Waals surface area contributed by atoms with E-state index in [1.165, 1.54) is 11.8 Å². The standard InChI is InChI=1S/C22H19ClN4O3S/c1-29-18-10-4-15(5-11-18)21-25-26-22(27(21)13-19-3-2-12-30-19)31-14-20(28)24-17-8-6-16(23)7-9-17/h2-12H,13-14H2,1H3,(H,24,28). The molecular formula is C22H19ClN4O3S. The molecular weight excluding hydrogens is 436 g/mol. The molecule has 0 saturated carbocycles. The Labute approximate surface area is 188 Å². The summed E-state index contributed by atoms with van der Waals surface area (Å²) >= 11 is 7.19. The first-order chi connectivity index (χ1) is 15.1. The van der Waals surface area contributed by atoms with E-state index in [9.17, 15) is 4.79 Å². The van der Waals surface area contributed by atoms with Gasteiger partial charge >= 0.3 is 0 Å². The number of furan rings is 1. The Morgan fingerprint density at radius 1 is 1.13 bits per heavy atom. The van der Waals surface area contributed by atoms with Crippen molar-refractivity contribution in [1.82, 2.24) is 14.8 Å². The zero-order valence-electron chi connectivity index (χ0n) is 16.6. The third-order valence-electron chi connectivity index (χ3n) is 4.42. The first-order valence-corrected chi connectivity index (χ1v) is 10.8. The fraction of sp³-hybridized carbons (Fsp3) is 0.136. The van der Waals surface area contributed by atoms with E-state index in [-0.39, 0.29) is 11.7 Å². The molecule has 0 aliphatic rings. The highest BCUT2D eigenvalue weighted by molar-refractivity contribution is 7.99. The second kappa shape index (κ2) is 9.72. The Morgan fingerprint density at radius 3 is 2.58 bits per heavy atom. The van der Waals surface area contributed by atoms with E-state index in [0.29, 0.717) is 28.2 Å². The highest BCUT2D eigenvalue weighted by atomic mass is 35.5. The summed E-state index contributed by atoms with van der Waals surface area (Å²) in [6, 6.07) is 18.3. The van der Waals surface area contributed by atoms with Crippen molar-refractivity contribution in [2.45, 2.75) is 11.7 Å². The number of methoxy groups -OCH3 is 1. The van der Waals surface area contributed by atoms with Crippen LogP contribution in [0, 0.1) is 0 Å². The fourth-order valence-corrected chi connectivity index (χ4v) is 3.77. The molecule has 31 heavy (non-hydrogen) atoms. The van der Waals surface area contributed by atoms with E-state index in [0.717, 1.165) is 17.1 Å². The molecule has 0 spiro atoms. The predicted molar refractivity (Wildman–Crippen MR) is 121 cm³/mol. The zero-order valence-corrected chi connectivity index (χ0v) is 18.2. The summed E-state index contributed by atoms with van der Waals surface area (Å²) in [4.78, 5) is 12.4. The normalized spacial score (nSPS) is 10.8. The molecule has 0 aliphatic carbocycles. The second-order valence-corrected chi connectivity index (χ2v) is 7.92. The minimum atomic E-state index is -0.147. The maximum atomic E-state index is 12.4. The van der Waals surface area contributed by atoms with Gasteiger partial charge in [-0.25, -0.2) is 0 Å². The molecule has 2 heterocycles. The lowest BCUT2D eigenvalue weighted by Crippen LogP contribution is -2.14. The van der Waals surface area contributed by atoms with Gasteiger partial charge in [0, 0.05) is 16.3 Å². The number of anilines is 1. The van der Waals surface area contributed by atoms with Crippen LogP contribution in [-0.4, -0.2) is 33.5 Å². The van der Waals surface area contributed by atoms with Crippen molar-refractivity contribution in [1.29, 1.82) is 0 Å². The van der Waals surface area contributed by atoms with Gasteiger partial charge in [-0.2, -0.15) is 0 Å². The number of halogens is 1. The van der Waals surface area contributed by atoms with E-state index < -0.39 is 0 Å². The molecule has 1 N–H and O–H groups in total. The van der Waals surface area contributed by atoms with Crippen LogP contribution in [0.2, 0.25) is 5.02 Å². The molecule has 4 rings (SSSR count). The van der Waals surface area contributed by atoms with Crippen molar-refractivity contribution in [2.24, 2.45) is 0 Å². The van der Waals surface area contributed by atoms with E-state index in [1.807, 2.05) is 41.0 Å². The Kier molecular flexibility index (Phi) is 6.59. The minimum absolute atomic E-state index is 0.147. The summed E-state index contributed by atoms with van der Waals surface area (Å²) in [5.74, 6) is 2.24. The molecule has 7 nitrogen and oxygen atoms in total. The molecule has 2 aromatic heterocycles. The summed E-state index contributed by atoms with van der Waals surface area (Å²) in [5, 5.41) is 12.8. The predicted octanol–water partition coefficient (Wildman–Crippen LogP) is 4.98. The minimum Gasteiger partial charge on any atom is -0.497 e. The maximum absolute atomic E-state index is 12.4. The molecule has 2 aromatic carbocycles. The number of nitrogens with one attached hydrogen (secondary N) is 1. The number of ether oxygens (including phenoxy) is 1. The van der Waals surface area contributed by atoms with Gasteiger partial charge in [0.2, 0.25) is 5.91 Å². The highest BCUT2D eigenvalue weighted by Crippen LogP contribution is 2.27. The largest absolute Gasteiger partial charge is 0.497 e. The number of nitrogens with zero attached hydrogens (tertiary/aromatic N) is 3. The third kappa shape index (κ3) is 5.28. The average molecular weight is 455 g/mol. The number of thioether (sulfide) groups is 1. The monoisotopic (exact) mass is 454 g/mol. The van der Waals surface area contributed by atoms with Crippen molar-refractivity contribution < 1.29 is 13.9 Å². The number of aromatic nitrogens is 3. The van der Waals surface area contributed by atoms with Gasteiger partial charge in [0.1, 0.15) is 11.5 Å². The van der Waals surface area contributed by atoms with Crippen molar-refractivity contribution in [2.75, 3.05) is 18.2 Å². The molecule has 0 atom stereocenters. The van der Waals surface area contributed by atoms with Crippen LogP contribution in [0.3, 0.4) is 0 Å². The molecule has 9 heteroatoms. The van der Waals surface area contributed by atoms with Gasteiger partial charge in [-0.05, 0) is 60.7 Å². The highest BCUT2D eigenvalue weighted by Gasteiger charge is 2.17. The maximum Gasteiger partial charge on any atom is 0.234 e. The van der Waals surface area contributed by atoms with Gasteiger partial charge in [0.25, 0.3) is 0 Å². The number of carbonyl (C=O) groups excluding carboxylic acids is 1. The average Bonchev–Trinajstić information content (AvgIpc) is 3.44. The zero-order chi connectivity index (χ0) is 21.6. The molecule has 0 unspecified atom stereocenters. The number of rotatable bonds is 8. The molecule has 0 radical (unpaired) electrons. The number of benzene rings is 2. The van der Waals surface area contributed by atoms with E-state index in [2.05, 4.69) is 15.5 Å². The van der Waals surface area contributed by atoms with Crippen LogP contribution in [0.5, 0.6) is 5.75 Å². The molecule has 0 fully saturated rings. The first kappa shape index (κ1) is 21.0. The van der Waals surface area contributed by atoms with Gasteiger partial charge < -0.3 is 14.5 Å². The van der Waals surface area contributed by atoms with Crippen LogP contribution in [0.25, 0.3) is 11.4 Å². The molecule has 0 saturated heterocycles. The van der Waals surface area contributed by atoms with Crippen molar-refractivity contribution >= 4 is 35.0 Å². The van der Waals surface area contributed by atoms with Crippen LogP contribution in [0.1, 0.15) is 5.76 Å². The lowest BCUT2D eigenvalue weighted by molar-refractivity contribution is -0.113. The molecule has 0 bridgehead atoms. The summed E-state index contributed by atoms with van der Waals surface area (Å²) < 4.78 is 12.7. The molecule has 158 valence electrons. The summed E-state index contributed by atoms with van der Waals surface area (Å²) in [6.45, 7) is 0.447. The van der Waals surface area contributed by atoms with Crippen molar-refractivity contribution in [3.05, 3.63) is 77.7 Å². The van der Waals surface area contributed by atoms with E-state index in [4.69, 9.17) is 20.8 Å². The lowest BCUT2D eigenvalue weighted by Gasteiger charge is -2.10. The number of hydrogen-bond donors (Lipinski definition) is 1. The Morgan fingerprint density at radius 2 is 1.90 bits per heavy atom. The van der Waals surface area contributed by atoms with Gasteiger partial charge in [-0.3, -0.25) is 9.36 Å². The third-order valence-corrected chi connectivity index (χ3v) is 5.64. The summed E-state index contributed by atoms with van der Waals surface area (Å²) in [5.41, 5.74) is 1.57. The van der Waals surface area contributed by atoms with Crippen LogP contribution in [-0.2, 0) is 11.3 Å². The molecule has 0 aliphatic heterocycles. The SMILES string of the molecule is COc1ccc(-c2nnc(SCC(=O)Nc3ccc(Cl)cc3)n2Cc2ccco2)cc1. The van der Waals surface area contributed by atoms with Crippen molar-refractivity contribution in [3.8, 4) is 17.1 Å². The number of hydrogen-bond acceptors (Lipinski definition) is 6. The Bertz CT molecular complexity index is 1140. The quantitative estimate of drug-likeness (QED) is 0.378. The molecule has 4 aromatic rings. The van der Waals surface area contributed by atoms with Gasteiger partial charge in [0.15, 0.2) is 11.0 Å². The van der Waals surface area contributed by atoms with Crippen molar-refractivity contribution in [3.63, 3.8) is 0 Å². The van der Waals surface area contributed by atoms with Crippen LogP contribution in [0.15, 0.2) is 76.5 Å². The number of amides is 1. The summed E-state index contributed by atoms with van der Waals surface area (Å²) in [6.07, 6.45) is 1.62. The van der Waals surface area contributed by atoms with E-state index >= 15 is 0 Å². The second-order valence-electron chi connectivity index (χ2n) is 6.54. The van der Waals surface area contributed by atoms with Crippen LogP contribution >= 0.6 is 23.4 Å². The molecule has 1 amide bonds. The topological polar surface area (TPSA) is 82.2 Å². The van der Waals surface area contributed by atoms with Gasteiger partial charge in [0.05, 0.1) is 25.7 Å². The lowest BCUT2D eigenvalue weighted by atomic mass is 10.2. The smallest absolute Gasteiger partial charge is 0.234 e. The van der Waals surface area contributed by atoms with Crippen LogP contribution < -0.4 is 10.1 Å². The number of carbonyl (C=O) groups is 1. The van der Waals surface area contributed by atoms with Gasteiger partial charge in [-0.15, -0.1) is 10.2 Å². The Hall–Kier alpha value is -3.23. The first-order valence-electron chi connectivity index (χ1n) is 9.40. The van der Waals surface area contributed by atoms with E-state index in [1.54, 1.807) is 37.6 Å².